The fraction of sp³-hybridized carbons (Fsp3) is 0. The van der Waals surface area contributed by atoms with Crippen LogP contribution in [-0.4, -0.2) is 4.98 Å². The molecule has 1 aromatic rings. The van der Waals surface area contributed by atoms with Crippen LogP contribution in [0.25, 0.3) is 6.08 Å². The van der Waals surface area contributed by atoms with Crippen LogP contribution in [0.15, 0.2) is 55.4 Å². The monoisotopic (exact) mass is 157 g/mol. The molecule has 1 nitrogen and oxygen atoms in total. The smallest absolute Gasteiger partial charge is 0.0273 e. The van der Waals surface area contributed by atoms with Crippen molar-refractivity contribution in [2.24, 2.45) is 0 Å². The van der Waals surface area contributed by atoms with Crippen LogP contribution in [-0.2, 0) is 0 Å². The zero-order valence-corrected chi connectivity index (χ0v) is 6.85. The lowest BCUT2D eigenvalue weighted by atomic mass is 10.2. The van der Waals surface area contributed by atoms with Crippen LogP contribution in [0.2, 0.25) is 0 Å². The first-order chi connectivity index (χ1) is 5.93. The number of aromatic nitrogens is 1. The summed E-state index contributed by atoms with van der Waals surface area (Å²) in [5.41, 5.74) is 1.15. The van der Waals surface area contributed by atoms with E-state index in [9.17, 15) is 0 Å². The lowest BCUT2D eigenvalue weighted by Gasteiger charge is -1.87. The average molecular weight is 157 g/mol. The third-order valence-corrected chi connectivity index (χ3v) is 1.35. The van der Waals surface area contributed by atoms with Gasteiger partial charge < -0.3 is 0 Å². The molecule has 0 fully saturated rings. The Balaban J connectivity index is 2.58. The second kappa shape index (κ2) is 5.08. The number of hydrogen-bond acceptors (Lipinski definition) is 1. The molecule has 0 aliphatic heterocycles. The average Bonchev–Trinajstić information content (AvgIpc) is 2.14. The highest BCUT2D eigenvalue weighted by atomic mass is 14.6. The Morgan fingerprint density at radius 3 is 2.50 bits per heavy atom. The van der Waals surface area contributed by atoms with Crippen molar-refractivity contribution >= 4 is 6.08 Å². The Morgan fingerprint density at radius 2 is 1.83 bits per heavy atom. The van der Waals surface area contributed by atoms with Crippen LogP contribution < -0.4 is 0 Å². The van der Waals surface area contributed by atoms with Gasteiger partial charge in [0.15, 0.2) is 0 Å². The zero-order chi connectivity index (χ0) is 8.65. The van der Waals surface area contributed by atoms with E-state index >= 15 is 0 Å². The fourth-order valence-electron chi connectivity index (χ4n) is 0.784. The highest BCUT2D eigenvalue weighted by Crippen LogP contribution is 1.98. The third-order valence-electron chi connectivity index (χ3n) is 1.35. The second-order valence-corrected chi connectivity index (χ2v) is 2.26. The normalized spacial score (nSPS) is 11.0. The third kappa shape index (κ3) is 2.97. The zero-order valence-electron chi connectivity index (χ0n) is 6.85. The predicted molar refractivity (Wildman–Crippen MR) is 52.6 cm³/mol. The van der Waals surface area contributed by atoms with E-state index in [0.29, 0.717) is 0 Å². The van der Waals surface area contributed by atoms with Gasteiger partial charge >= 0.3 is 0 Å². The van der Waals surface area contributed by atoms with E-state index in [-0.39, 0.29) is 0 Å². The molecule has 0 spiro atoms. The summed E-state index contributed by atoms with van der Waals surface area (Å²) < 4.78 is 0. The van der Waals surface area contributed by atoms with E-state index in [0.717, 1.165) is 5.56 Å². The minimum Gasteiger partial charge on any atom is -0.265 e. The molecule has 0 bridgehead atoms. The minimum atomic E-state index is 1.15. The van der Waals surface area contributed by atoms with Gasteiger partial charge in [-0.15, -0.1) is 0 Å². The lowest BCUT2D eigenvalue weighted by molar-refractivity contribution is 1.32. The Kier molecular flexibility index (Phi) is 3.58. The molecule has 0 unspecified atom stereocenters. The molecular weight excluding hydrogens is 146 g/mol. The van der Waals surface area contributed by atoms with Crippen molar-refractivity contribution in [3.8, 4) is 0 Å². The number of allylic oxidation sites excluding steroid dienone is 4. The van der Waals surface area contributed by atoms with Gasteiger partial charge in [-0.25, -0.2) is 0 Å². The van der Waals surface area contributed by atoms with Gasteiger partial charge in [0.25, 0.3) is 0 Å². The van der Waals surface area contributed by atoms with Crippen molar-refractivity contribution in [2.75, 3.05) is 0 Å². The molecule has 1 heteroatoms. The fourth-order valence-corrected chi connectivity index (χ4v) is 0.784. The molecule has 0 aromatic carbocycles. The van der Waals surface area contributed by atoms with Crippen molar-refractivity contribution in [1.29, 1.82) is 0 Å². The molecular formula is C11H11N. The number of hydrogen-bond donors (Lipinski definition) is 0. The van der Waals surface area contributed by atoms with Crippen LogP contribution in [0, 0.1) is 0 Å². The highest BCUT2D eigenvalue weighted by molar-refractivity contribution is 5.49. The Bertz CT molecular complexity index is 283. The predicted octanol–water partition coefficient (Wildman–Crippen LogP) is 2.84. The molecule has 0 aliphatic rings. The van der Waals surface area contributed by atoms with E-state index in [1.54, 1.807) is 18.5 Å². The second-order valence-electron chi connectivity index (χ2n) is 2.26. The van der Waals surface area contributed by atoms with Gasteiger partial charge in [-0.1, -0.05) is 37.0 Å². The molecule has 1 aromatic heterocycles. The van der Waals surface area contributed by atoms with Crippen molar-refractivity contribution in [1.82, 2.24) is 4.98 Å². The number of nitrogens with zero attached hydrogens (tertiary/aromatic N) is 1. The van der Waals surface area contributed by atoms with Gasteiger partial charge in [-0.3, -0.25) is 4.98 Å². The molecule has 0 atom stereocenters. The Labute approximate surface area is 72.8 Å². The lowest BCUT2D eigenvalue weighted by Crippen LogP contribution is -1.70. The summed E-state index contributed by atoms with van der Waals surface area (Å²) in [5.74, 6) is 0. The van der Waals surface area contributed by atoms with E-state index in [1.807, 2.05) is 36.4 Å². The molecule has 1 heterocycles. The quantitative estimate of drug-likeness (QED) is 0.615. The van der Waals surface area contributed by atoms with E-state index in [1.165, 1.54) is 0 Å². The van der Waals surface area contributed by atoms with Crippen molar-refractivity contribution < 1.29 is 0 Å². The number of rotatable bonds is 3. The Hall–Kier alpha value is -1.63. The van der Waals surface area contributed by atoms with Gasteiger partial charge in [0.2, 0.25) is 0 Å². The largest absolute Gasteiger partial charge is 0.265 e. The minimum absolute atomic E-state index is 1.15. The molecule has 0 amide bonds. The number of pyridine rings is 1. The summed E-state index contributed by atoms with van der Waals surface area (Å²) in [6.07, 6.45) is 13.1. The maximum absolute atomic E-state index is 3.92. The van der Waals surface area contributed by atoms with Crippen LogP contribution in [0.5, 0.6) is 0 Å². The molecule has 0 radical (unpaired) electrons. The van der Waals surface area contributed by atoms with Gasteiger partial charge in [0, 0.05) is 12.4 Å². The molecule has 0 saturated heterocycles. The van der Waals surface area contributed by atoms with Crippen molar-refractivity contribution in [3.05, 3.63) is 61.0 Å². The highest BCUT2D eigenvalue weighted by Gasteiger charge is 1.79. The van der Waals surface area contributed by atoms with Gasteiger partial charge in [0.1, 0.15) is 0 Å². The standard InChI is InChI=1S/C11H11N/c1-2-3-4-5-6-11-7-9-12-10-8-11/h2-10H,1H2/b4-3+,6-5+. The summed E-state index contributed by atoms with van der Waals surface area (Å²) in [6.45, 7) is 3.57. The van der Waals surface area contributed by atoms with Crippen LogP contribution >= 0.6 is 0 Å². The van der Waals surface area contributed by atoms with Gasteiger partial charge in [-0.05, 0) is 17.7 Å². The Morgan fingerprint density at radius 1 is 1.08 bits per heavy atom. The first-order valence-electron chi connectivity index (χ1n) is 3.79. The van der Waals surface area contributed by atoms with Crippen LogP contribution in [0.3, 0.4) is 0 Å². The molecule has 0 saturated carbocycles. The first-order valence-corrected chi connectivity index (χ1v) is 3.79. The maximum atomic E-state index is 3.92. The molecule has 60 valence electrons. The van der Waals surface area contributed by atoms with E-state index in [4.69, 9.17) is 0 Å². The van der Waals surface area contributed by atoms with E-state index < -0.39 is 0 Å². The summed E-state index contributed by atoms with van der Waals surface area (Å²) >= 11 is 0. The SMILES string of the molecule is C=C/C=C/C=C/c1ccncc1. The van der Waals surface area contributed by atoms with Crippen LogP contribution in [0.1, 0.15) is 5.56 Å². The maximum Gasteiger partial charge on any atom is 0.0273 e. The summed E-state index contributed by atoms with van der Waals surface area (Å²) in [5, 5.41) is 0. The van der Waals surface area contributed by atoms with E-state index in [2.05, 4.69) is 11.6 Å². The van der Waals surface area contributed by atoms with Crippen molar-refractivity contribution in [2.45, 2.75) is 0 Å². The first kappa shape index (κ1) is 8.47. The van der Waals surface area contributed by atoms with Gasteiger partial charge in [0.05, 0.1) is 0 Å². The molecule has 0 N–H and O–H groups in total. The molecule has 12 heavy (non-hydrogen) atoms. The van der Waals surface area contributed by atoms with Crippen molar-refractivity contribution in [3.63, 3.8) is 0 Å². The van der Waals surface area contributed by atoms with Gasteiger partial charge in [-0.2, -0.15) is 0 Å². The summed E-state index contributed by atoms with van der Waals surface area (Å²) in [4.78, 5) is 3.92. The summed E-state index contributed by atoms with van der Waals surface area (Å²) in [7, 11) is 0. The summed E-state index contributed by atoms with van der Waals surface area (Å²) in [6, 6.07) is 3.91. The molecule has 0 aliphatic carbocycles. The molecule has 1 rings (SSSR count). The van der Waals surface area contributed by atoms with Crippen LogP contribution in [0.4, 0.5) is 0 Å². The topological polar surface area (TPSA) is 12.9 Å².